The van der Waals surface area contributed by atoms with E-state index in [1.165, 1.54) is 12.1 Å². The van der Waals surface area contributed by atoms with E-state index in [-0.39, 0.29) is 12.6 Å². The summed E-state index contributed by atoms with van der Waals surface area (Å²) >= 11 is 0. The van der Waals surface area contributed by atoms with Crippen molar-refractivity contribution in [2.24, 2.45) is 0 Å². The van der Waals surface area contributed by atoms with Gasteiger partial charge in [0.05, 0.1) is 12.2 Å². The van der Waals surface area contributed by atoms with Crippen molar-refractivity contribution in [3.63, 3.8) is 0 Å². The minimum atomic E-state index is -4.30. The predicted octanol–water partition coefficient (Wildman–Crippen LogP) is 1.71. The number of hydrogen-bond acceptors (Lipinski definition) is 2. The van der Waals surface area contributed by atoms with Gasteiger partial charge < -0.3 is 10.4 Å². The lowest BCUT2D eigenvalue weighted by molar-refractivity contribution is -0.137. The van der Waals surface area contributed by atoms with E-state index in [4.69, 9.17) is 5.11 Å². The first-order chi connectivity index (χ1) is 7.50. The molecule has 0 aliphatic carbocycles. The van der Waals surface area contributed by atoms with Crippen LogP contribution in [-0.2, 0) is 19.1 Å². The molecule has 1 aliphatic rings. The molecular formula is C11H12F3NO. The molecule has 0 radical (unpaired) electrons. The fourth-order valence-corrected chi connectivity index (χ4v) is 1.89. The van der Waals surface area contributed by atoms with Gasteiger partial charge in [-0.05, 0) is 29.7 Å². The third kappa shape index (κ3) is 2.20. The van der Waals surface area contributed by atoms with Crippen LogP contribution in [0.3, 0.4) is 0 Å². The van der Waals surface area contributed by atoms with Crippen LogP contribution in [0, 0.1) is 0 Å². The molecule has 2 nitrogen and oxygen atoms in total. The van der Waals surface area contributed by atoms with Crippen LogP contribution in [0.1, 0.15) is 16.7 Å². The van der Waals surface area contributed by atoms with Crippen LogP contribution in [0.15, 0.2) is 18.2 Å². The molecule has 2 N–H and O–H groups in total. The minimum absolute atomic E-state index is 0.0598. The van der Waals surface area contributed by atoms with Crippen molar-refractivity contribution in [1.82, 2.24) is 5.32 Å². The van der Waals surface area contributed by atoms with Crippen molar-refractivity contribution in [3.8, 4) is 0 Å². The van der Waals surface area contributed by atoms with Crippen molar-refractivity contribution in [1.29, 1.82) is 0 Å². The molecule has 1 heterocycles. The Morgan fingerprint density at radius 2 is 2.06 bits per heavy atom. The molecule has 0 spiro atoms. The normalized spacial score (nSPS) is 20.6. The van der Waals surface area contributed by atoms with Gasteiger partial charge in [-0.3, -0.25) is 0 Å². The second-order valence-corrected chi connectivity index (χ2v) is 3.95. The molecule has 0 saturated heterocycles. The Kier molecular flexibility index (Phi) is 2.90. The Morgan fingerprint density at radius 3 is 2.69 bits per heavy atom. The van der Waals surface area contributed by atoms with Crippen molar-refractivity contribution in [2.75, 3.05) is 6.61 Å². The molecule has 5 heteroatoms. The number of halogens is 3. The minimum Gasteiger partial charge on any atom is -0.395 e. The van der Waals surface area contributed by atoms with Gasteiger partial charge in [-0.1, -0.05) is 6.07 Å². The largest absolute Gasteiger partial charge is 0.416 e. The number of hydrogen-bond donors (Lipinski definition) is 2. The molecule has 0 fully saturated rings. The Balaban J connectivity index is 2.31. The average molecular weight is 231 g/mol. The molecule has 88 valence electrons. The molecular weight excluding hydrogens is 219 g/mol. The van der Waals surface area contributed by atoms with Gasteiger partial charge in [-0.25, -0.2) is 0 Å². The van der Waals surface area contributed by atoms with Gasteiger partial charge in [0.1, 0.15) is 0 Å². The number of benzene rings is 1. The van der Waals surface area contributed by atoms with Gasteiger partial charge in [-0.15, -0.1) is 0 Å². The van der Waals surface area contributed by atoms with E-state index in [9.17, 15) is 13.2 Å². The Bertz CT molecular complexity index is 389. The van der Waals surface area contributed by atoms with Crippen LogP contribution in [0.4, 0.5) is 13.2 Å². The Hall–Kier alpha value is -1.07. The summed E-state index contributed by atoms with van der Waals surface area (Å²) in [6, 6.07) is 3.63. The Labute approximate surface area is 91.1 Å². The quantitative estimate of drug-likeness (QED) is 0.771. The van der Waals surface area contributed by atoms with Crippen LogP contribution < -0.4 is 5.32 Å². The summed E-state index contributed by atoms with van der Waals surface area (Å²) in [4.78, 5) is 0. The second-order valence-electron chi connectivity index (χ2n) is 3.95. The maximum absolute atomic E-state index is 12.5. The smallest absolute Gasteiger partial charge is 0.395 e. The molecule has 0 amide bonds. The molecule has 0 aromatic heterocycles. The molecule has 0 bridgehead atoms. The van der Waals surface area contributed by atoms with E-state index >= 15 is 0 Å². The number of aliphatic hydroxyl groups excluding tert-OH is 1. The van der Waals surface area contributed by atoms with Gasteiger partial charge in [0.25, 0.3) is 0 Å². The average Bonchev–Trinajstić information content (AvgIpc) is 2.26. The number of rotatable bonds is 1. The van der Waals surface area contributed by atoms with E-state index < -0.39 is 11.7 Å². The lowest BCUT2D eigenvalue weighted by Crippen LogP contribution is -2.38. The zero-order valence-corrected chi connectivity index (χ0v) is 8.51. The highest BCUT2D eigenvalue weighted by Gasteiger charge is 2.31. The van der Waals surface area contributed by atoms with Crippen molar-refractivity contribution < 1.29 is 18.3 Å². The maximum atomic E-state index is 12.5. The van der Waals surface area contributed by atoms with E-state index in [1.54, 1.807) is 0 Å². The summed E-state index contributed by atoms with van der Waals surface area (Å²) in [6.45, 7) is 0.453. The van der Waals surface area contributed by atoms with Gasteiger partial charge in [0, 0.05) is 12.6 Å². The first kappa shape index (κ1) is 11.4. The van der Waals surface area contributed by atoms with Crippen LogP contribution in [0.5, 0.6) is 0 Å². The van der Waals surface area contributed by atoms with Crippen molar-refractivity contribution in [2.45, 2.75) is 25.2 Å². The first-order valence-corrected chi connectivity index (χ1v) is 5.04. The summed E-state index contributed by atoms with van der Waals surface area (Å²) in [5.74, 6) is 0. The molecule has 1 aromatic carbocycles. The summed E-state index contributed by atoms with van der Waals surface area (Å²) in [6.07, 6.45) is -3.86. The third-order valence-electron chi connectivity index (χ3n) is 2.80. The molecule has 16 heavy (non-hydrogen) atoms. The van der Waals surface area contributed by atoms with Crippen LogP contribution in [-0.4, -0.2) is 17.8 Å². The lowest BCUT2D eigenvalue weighted by atomic mass is 9.94. The van der Waals surface area contributed by atoms with Crippen molar-refractivity contribution in [3.05, 3.63) is 34.9 Å². The topological polar surface area (TPSA) is 32.3 Å². The fraction of sp³-hybridized carbons (Fsp3) is 0.455. The highest BCUT2D eigenvalue weighted by atomic mass is 19.4. The lowest BCUT2D eigenvalue weighted by Gasteiger charge is -2.25. The molecule has 1 unspecified atom stereocenters. The molecule has 1 aliphatic heterocycles. The first-order valence-electron chi connectivity index (χ1n) is 5.04. The van der Waals surface area contributed by atoms with Crippen LogP contribution in [0.2, 0.25) is 0 Å². The monoisotopic (exact) mass is 231 g/mol. The SMILES string of the molecule is OCC1Cc2cc(C(F)(F)F)ccc2CN1. The van der Waals surface area contributed by atoms with Crippen molar-refractivity contribution >= 4 is 0 Å². The third-order valence-corrected chi connectivity index (χ3v) is 2.80. The summed E-state index contributed by atoms with van der Waals surface area (Å²) in [5.41, 5.74) is 0.926. The molecule has 1 atom stereocenters. The highest BCUT2D eigenvalue weighted by molar-refractivity contribution is 5.35. The highest BCUT2D eigenvalue weighted by Crippen LogP contribution is 2.31. The number of nitrogens with one attached hydrogen (secondary N) is 1. The second kappa shape index (κ2) is 4.07. The Morgan fingerprint density at radius 1 is 1.31 bits per heavy atom. The summed E-state index contributed by atoms with van der Waals surface area (Å²) in [5, 5.41) is 12.0. The number of fused-ring (bicyclic) bond motifs is 1. The predicted molar refractivity (Wildman–Crippen MR) is 52.9 cm³/mol. The fourth-order valence-electron chi connectivity index (χ4n) is 1.89. The van der Waals surface area contributed by atoms with Gasteiger partial charge >= 0.3 is 6.18 Å². The van der Waals surface area contributed by atoms with E-state index in [0.29, 0.717) is 18.5 Å². The zero-order chi connectivity index (χ0) is 11.8. The van der Waals surface area contributed by atoms with Crippen LogP contribution >= 0.6 is 0 Å². The summed E-state index contributed by atoms with van der Waals surface area (Å²) in [7, 11) is 0. The van der Waals surface area contributed by atoms with Gasteiger partial charge in [0.15, 0.2) is 0 Å². The van der Waals surface area contributed by atoms with E-state index in [2.05, 4.69) is 5.32 Å². The molecule has 2 rings (SSSR count). The van der Waals surface area contributed by atoms with Gasteiger partial charge in [0.2, 0.25) is 0 Å². The number of aliphatic hydroxyl groups is 1. The van der Waals surface area contributed by atoms with E-state index in [0.717, 1.165) is 11.6 Å². The van der Waals surface area contributed by atoms with Crippen LogP contribution in [0.25, 0.3) is 0 Å². The maximum Gasteiger partial charge on any atom is 0.416 e. The number of alkyl halides is 3. The summed E-state index contributed by atoms with van der Waals surface area (Å²) < 4.78 is 37.4. The standard InChI is InChI=1S/C11H12F3NO/c12-11(13,14)9-2-1-7-5-15-10(6-16)4-8(7)3-9/h1-3,10,15-16H,4-6H2. The molecule has 0 saturated carbocycles. The van der Waals surface area contributed by atoms with Gasteiger partial charge in [-0.2, -0.15) is 13.2 Å². The molecule has 1 aromatic rings. The zero-order valence-electron chi connectivity index (χ0n) is 8.51. The van der Waals surface area contributed by atoms with E-state index in [1.807, 2.05) is 0 Å².